The molecule has 1 amide bonds. The van der Waals surface area contributed by atoms with Crippen molar-refractivity contribution in [3.05, 3.63) is 83.4 Å². The van der Waals surface area contributed by atoms with Crippen molar-refractivity contribution in [2.45, 2.75) is 13.0 Å². The molecule has 0 saturated carbocycles. The molecule has 3 aromatic carbocycles. The number of ether oxygens (including phenoxy) is 3. The highest BCUT2D eigenvalue weighted by molar-refractivity contribution is 7.22. The van der Waals surface area contributed by atoms with E-state index >= 15 is 0 Å². The number of nitrogens with zero attached hydrogens (tertiary/aromatic N) is 2. The van der Waals surface area contributed by atoms with Gasteiger partial charge in [0.15, 0.2) is 5.13 Å². The number of methoxy groups -OCH3 is 2. The summed E-state index contributed by atoms with van der Waals surface area (Å²) >= 11 is 1.27. The third-order valence-electron chi connectivity index (χ3n) is 6.08. The van der Waals surface area contributed by atoms with E-state index in [2.05, 4.69) is 4.98 Å². The Morgan fingerprint density at radius 1 is 0.973 bits per heavy atom. The average molecular weight is 517 g/mol. The van der Waals surface area contributed by atoms with Crippen LogP contribution in [0.2, 0.25) is 0 Å². The zero-order chi connectivity index (χ0) is 26.1. The van der Waals surface area contributed by atoms with Gasteiger partial charge in [-0.1, -0.05) is 23.5 Å². The molecule has 1 aromatic heterocycles. The molecular formula is C28H24N2O6S. The van der Waals surface area contributed by atoms with Crippen LogP contribution in [0.5, 0.6) is 17.2 Å². The molecule has 1 aliphatic rings. The maximum absolute atomic E-state index is 13.5. The number of anilines is 1. The lowest BCUT2D eigenvalue weighted by Crippen LogP contribution is -2.29. The number of thiazole rings is 1. The number of Topliss-reactive ketones (excluding diaryl/α,β-unsaturated/α-hetero) is 1. The van der Waals surface area contributed by atoms with E-state index in [-0.39, 0.29) is 11.3 Å². The van der Waals surface area contributed by atoms with Crippen LogP contribution in [0.3, 0.4) is 0 Å². The van der Waals surface area contributed by atoms with Crippen molar-refractivity contribution < 1.29 is 28.9 Å². The first-order chi connectivity index (χ1) is 17.9. The molecule has 4 aromatic rings. The molecule has 1 N–H and O–H groups in total. The highest BCUT2D eigenvalue weighted by Gasteiger charge is 2.48. The van der Waals surface area contributed by atoms with Gasteiger partial charge in [-0.25, -0.2) is 4.98 Å². The summed E-state index contributed by atoms with van der Waals surface area (Å²) in [5.74, 6) is -0.00465. The minimum Gasteiger partial charge on any atom is -0.507 e. The summed E-state index contributed by atoms with van der Waals surface area (Å²) < 4.78 is 17.0. The van der Waals surface area contributed by atoms with E-state index in [1.54, 1.807) is 55.6 Å². The normalized spacial score (nSPS) is 16.8. The van der Waals surface area contributed by atoms with Gasteiger partial charge in [0.2, 0.25) is 0 Å². The fourth-order valence-corrected chi connectivity index (χ4v) is 5.33. The Morgan fingerprint density at radius 3 is 2.41 bits per heavy atom. The van der Waals surface area contributed by atoms with Crippen molar-refractivity contribution in [1.82, 2.24) is 4.98 Å². The SMILES string of the molecule is CCOc1ccc2nc(N3C(=O)C(=O)/C(=C(/O)c4ccc(OC)cc4)C3c3cccc(OC)c3)sc2c1. The predicted octanol–water partition coefficient (Wildman–Crippen LogP) is 5.34. The molecule has 1 aliphatic heterocycles. The smallest absolute Gasteiger partial charge is 0.301 e. The summed E-state index contributed by atoms with van der Waals surface area (Å²) in [7, 11) is 3.08. The third kappa shape index (κ3) is 4.38. The standard InChI is InChI=1S/C28H24N2O6S/c1-4-36-20-12-13-21-22(15-20)37-28(29-21)30-24(17-6-5-7-19(14-17)35-3)23(26(32)27(30)33)25(31)16-8-10-18(34-2)11-9-16/h5-15,24,31H,4H2,1-3H3/b25-23+. The molecule has 0 bridgehead atoms. The zero-order valence-corrected chi connectivity index (χ0v) is 21.2. The van der Waals surface area contributed by atoms with Gasteiger partial charge in [0.1, 0.15) is 23.0 Å². The first kappa shape index (κ1) is 24.3. The number of aromatic nitrogens is 1. The van der Waals surface area contributed by atoms with Crippen LogP contribution in [-0.2, 0) is 9.59 Å². The zero-order valence-electron chi connectivity index (χ0n) is 20.4. The molecule has 1 unspecified atom stereocenters. The summed E-state index contributed by atoms with van der Waals surface area (Å²) in [6.45, 7) is 2.42. The molecule has 0 aliphatic carbocycles. The number of benzene rings is 3. The molecule has 5 rings (SSSR count). The number of aliphatic hydroxyl groups excluding tert-OH is 1. The van der Waals surface area contributed by atoms with Gasteiger partial charge in [0.05, 0.1) is 42.7 Å². The molecule has 8 nitrogen and oxygen atoms in total. The van der Waals surface area contributed by atoms with Crippen molar-refractivity contribution in [2.75, 3.05) is 25.7 Å². The average Bonchev–Trinajstić information content (AvgIpc) is 3.46. The molecule has 0 radical (unpaired) electrons. The second-order valence-corrected chi connectivity index (χ2v) is 9.24. The molecule has 1 atom stereocenters. The van der Waals surface area contributed by atoms with Gasteiger partial charge in [-0.3, -0.25) is 14.5 Å². The van der Waals surface area contributed by atoms with Crippen LogP contribution in [0.1, 0.15) is 24.1 Å². The van der Waals surface area contributed by atoms with Crippen molar-refractivity contribution in [2.24, 2.45) is 0 Å². The summed E-state index contributed by atoms with van der Waals surface area (Å²) in [6, 6.07) is 18.3. The Kier molecular flexibility index (Phi) is 6.54. The minimum atomic E-state index is -0.913. The highest BCUT2D eigenvalue weighted by Crippen LogP contribution is 2.45. The van der Waals surface area contributed by atoms with Crippen LogP contribution < -0.4 is 19.1 Å². The number of aliphatic hydroxyl groups is 1. The van der Waals surface area contributed by atoms with Crippen molar-refractivity contribution in [3.63, 3.8) is 0 Å². The van der Waals surface area contributed by atoms with Crippen LogP contribution in [0.4, 0.5) is 5.13 Å². The maximum atomic E-state index is 13.5. The van der Waals surface area contributed by atoms with Crippen LogP contribution in [0, 0.1) is 0 Å². The van der Waals surface area contributed by atoms with Crippen LogP contribution in [0.25, 0.3) is 16.0 Å². The van der Waals surface area contributed by atoms with Crippen molar-refractivity contribution in [3.8, 4) is 17.2 Å². The van der Waals surface area contributed by atoms with E-state index in [0.717, 1.165) is 4.70 Å². The molecule has 1 saturated heterocycles. The van der Waals surface area contributed by atoms with Gasteiger partial charge in [0, 0.05) is 5.56 Å². The Morgan fingerprint density at radius 2 is 1.70 bits per heavy atom. The third-order valence-corrected chi connectivity index (χ3v) is 7.10. The topological polar surface area (TPSA) is 98.2 Å². The van der Waals surface area contributed by atoms with Crippen LogP contribution in [-0.4, -0.2) is 42.6 Å². The van der Waals surface area contributed by atoms with Crippen molar-refractivity contribution in [1.29, 1.82) is 0 Å². The number of hydrogen-bond donors (Lipinski definition) is 1. The number of carbonyl (C=O) groups is 2. The Balaban J connectivity index is 1.69. The molecular weight excluding hydrogens is 492 g/mol. The van der Waals surface area contributed by atoms with Gasteiger partial charge < -0.3 is 19.3 Å². The van der Waals surface area contributed by atoms with Gasteiger partial charge in [-0.05, 0) is 67.1 Å². The van der Waals surface area contributed by atoms with Crippen LogP contribution in [0.15, 0.2) is 72.3 Å². The maximum Gasteiger partial charge on any atom is 0.301 e. The Bertz CT molecular complexity index is 1530. The largest absolute Gasteiger partial charge is 0.507 e. The second kappa shape index (κ2) is 9.94. The number of fused-ring (bicyclic) bond motifs is 1. The van der Waals surface area contributed by atoms with E-state index in [1.165, 1.54) is 23.3 Å². The van der Waals surface area contributed by atoms with E-state index in [9.17, 15) is 14.7 Å². The monoisotopic (exact) mass is 516 g/mol. The second-order valence-electron chi connectivity index (χ2n) is 8.23. The lowest BCUT2D eigenvalue weighted by Gasteiger charge is -2.23. The summed E-state index contributed by atoms with van der Waals surface area (Å²) in [6.07, 6.45) is 0. The molecule has 37 heavy (non-hydrogen) atoms. The number of carbonyl (C=O) groups excluding carboxylic acids is 2. The number of ketones is 1. The van der Waals surface area contributed by atoms with E-state index in [4.69, 9.17) is 14.2 Å². The molecule has 0 spiro atoms. The van der Waals surface area contributed by atoms with E-state index < -0.39 is 17.7 Å². The summed E-state index contributed by atoms with van der Waals surface area (Å²) in [5.41, 5.74) is 1.63. The van der Waals surface area contributed by atoms with E-state index in [1.807, 2.05) is 25.1 Å². The molecule has 2 heterocycles. The minimum absolute atomic E-state index is 0.0299. The lowest BCUT2D eigenvalue weighted by atomic mass is 9.95. The number of rotatable bonds is 7. The quantitative estimate of drug-likeness (QED) is 0.201. The van der Waals surface area contributed by atoms with E-state index in [0.29, 0.717) is 45.6 Å². The first-order valence-electron chi connectivity index (χ1n) is 11.6. The molecule has 1 fully saturated rings. The fraction of sp³-hybridized carbons (Fsp3) is 0.179. The molecule has 9 heteroatoms. The van der Waals surface area contributed by atoms with Crippen LogP contribution >= 0.6 is 11.3 Å². The Labute approximate surface area is 217 Å². The summed E-state index contributed by atoms with van der Waals surface area (Å²) in [5, 5.41) is 11.6. The first-order valence-corrected chi connectivity index (χ1v) is 12.4. The predicted molar refractivity (Wildman–Crippen MR) is 142 cm³/mol. The molecule has 188 valence electrons. The summed E-state index contributed by atoms with van der Waals surface area (Å²) in [4.78, 5) is 32.9. The van der Waals surface area contributed by atoms with Gasteiger partial charge >= 0.3 is 5.91 Å². The van der Waals surface area contributed by atoms with Crippen molar-refractivity contribution >= 4 is 44.1 Å². The fourth-order valence-electron chi connectivity index (χ4n) is 4.31. The highest BCUT2D eigenvalue weighted by atomic mass is 32.1. The van der Waals surface area contributed by atoms with Gasteiger partial charge in [-0.2, -0.15) is 0 Å². The number of amides is 1. The Hall–Kier alpha value is -4.37. The lowest BCUT2D eigenvalue weighted by molar-refractivity contribution is -0.132. The van der Waals surface area contributed by atoms with Gasteiger partial charge in [0.25, 0.3) is 5.78 Å². The van der Waals surface area contributed by atoms with Gasteiger partial charge in [-0.15, -0.1) is 0 Å². The number of hydrogen-bond acceptors (Lipinski definition) is 8.